The number of aromatic hydroxyl groups is 1. The van der Waals surface area contributed by atoms with E-state index < -0.39 is 12.3 Å². The number of carboxylic acids is 1. The fourth-order valence-electron chi connectivity index (χ4n) is 3.11. The molecule has 6 heteroatoms. The molecular weight excluding hydrogens is 346 g/mol. The van der Waals surface area contributed by atoms with Crippen LogP contribution in [-0.2, 0) is 14.3 Å². The number of aromatic nitrogens is 1. The van der Waals surface area contributed by atoms with Crippen molar-refractivity contribution in [2.45, 2.75) is 31.7 Å². The van der Waals surface area contributed by atoms with Gasteiger partial charge in [0.25, 0.3) is 0 Å². The molecule has 0 amide bonds. The Morgan fingerprint density at radius 1 is 1.22 bits per heavy atom. The number of rotatable bonds is 7. The number of allylic oxidation sites excluding steroid dienone is 2. The van der Waals surface area contributed by atoms with Crippen molar-refractivity contribution in [1.29, 1.82) is 0 Å². The number of aliphatic carboxylic acids is 1. The SMILES string of the molecule is O=C(O)CC/C=C/C[C@@H]1CO[C@H](c2cccnc2)O[C@@H]1c1ccccc1O. The molecule has 3 atom stereocenters. The third-order valence-corrected chi connectivity index (χ3v) is 4.49. The molecule has 1 saturated heterocycles. The number of hydrogen-bond donors (Lipinski definition) is 2. The van der Waals surface area contributed by atoms with E-state index in [0.29, 0.717) is 19.4 Å². The molecule has 2 aromatic rings. The van der Waals surface area contributed by atoms with Crippen LogP contribution in [0.5, 0.6) is 5.75 Å². The van der Waals surface area contributed by atoms with E-state index in [-0.39, 0.29) is 24.2 Å². The fourth-order valence-corrected chi connectivity index (χ4v) is 3.11. The Hall–Kier alpha value is -2.70. The van der Waals surface area contributed by atoms with Gasteiger partial charge in [0, 0.05) is 35.9 Å². The maximum Gasteiger partial charge on any atom is 0.303 e. The molecule has 0 aliphatic carbocycles. The smallest absolute Gasteiger partial charge is 0.303 e. The minimum atomic E-state index is -0.810. The van der Waals surface area contributed by atoms with Crippen LogP contribution in [0, 0.1) is 5.92 Å². The first kappa shape index (κ1) is 19.1. The summed E-state index contributed by atoms with van der Waals surface area (Å²) in [5.74, 6) is -0.614. The molecule has 1 fully saturated rings. The number of para-hydroxylation sites is 1. The average Bonchev–Trinajstić information content (AvgIpc) is 2.69. The second-order valence-electron chi connectivity index (χ2n) is 6.47. The van der Waals surface area contributed by atoms with Gasteiger partial charge in [0.05, 0.1) is 12.7 Å². The van der Waals surface area contributed by atoms with Gasteiger partial charge in [-0.25, -0.2) is 0 Å². The van der Waals surface area contributed by atoms with E-state index in [4.69, 9.17) is 14.6 Å². The highest BCUT2D eigenvalue weighted by molar-refractivity contribution is 5.66. The van der Waals surface area contributed by atoms with Gasteiger partial charge in [0.2, 0.25) is 0 Å². The summed E-state index contributed by atoms with van der Waals surface area (Å²) in [6, 6.07) is 10.9. The average molecular weight is 369 g/mol. The zero-order valence-electron chi connectivity index (χ0n) is 14.9. The van der Waals surface area contributed by atoms with Gasteiger partial charge < -0.3 is 19.7 Å². The molecule has 0 radical (unpaired) electrons. The third kappa shape index (κ3) is 5.15. The number of ether oxygens (including phenoxy) is 2. The number of benzene rings is 1. The lowest BCUT2D eigenvalue weighted by Crippen LogP contribution is -2.30. The Balaban J connectivity index is 1.74. The number of nitrogens with zero attached hydrogens (tertiary/aromatic N) is 1. The van der Waals surface area contributed by atoms with Crippen molar-refractivity contribution in [3.63, 3.8) is 0 Å². The fraction of sp³-hybridized carbons (Fsp3) is 0.333. The van der Waals surface area contributed by atoms with Crippen LogP contribution in [0.4, 0.5) is 0 Å². The molecule has 0 spiro atoms. The second kappa shape index (κ2) is 9.30. The first-order chi connectivity index (χ1) is 13.1. The molecule has 0 unspecified atom stereocenters. The predicted molar refractivity (Wildman–Crippen MR) is 99.0 cm³/mol. The summed E-state index contributed by atoms with van der Waals surface area (Å²) in [5.41, 5.74) is 1.55. The van der Waals surface area contributed by atoms with Gasteiger partial charge in [-0.2, -0.15) is 0 Å². The largest absolute Gasteiger partial charge is 0.508 e. The third-order valence-electron chi connectivity index (χ3n) is 4.49. The Morgan fingerprint density at radius 2 is 2.07 bits per heavy atom. The summed E-state index contributed by atoms with van der Waals surface area (Å²) >= 11 is 0. The first-order valence-corrected chi connectivity index (χ1v) is 8.97. The Kier molecular flexibility index (Phi) is 6.57. The molecule has 1 aliphatic rings. The number of carboxylic acid groups (broad SMARTS) is 1. The van der Waals surface area contributed by atoms with Crippen LogP contribution >= 0.6 is 0 Å². The van der Waals surface area contributed by atoms with Crippen LogP contribution in [0.1, 0.15) is 42.8 Å². The quantitative estimate of drug-likeness (QED) is 0.717. The Bertz CT molecular complexity index is 777. The van der Waals surface area contributed by atoms with Crippen LogP contribution < -0.4 is 0 Å². The molecule has 1 aromatic heterocycles. The lowest BCUT2D eigenvalue weighted by molar-refractivity contribution is -0.244. The Labute approximate surface area is 158 Å². The highest BCUT2D eigenvalue weighted by Gasteiger charge is 2.34. The van der Waals surface area contributed by atoms with Crippen LogP contribution in [0.2, 0.25) is 0 Å². The molecule has 142 valence electrons. The van der Waals surface area contributed by atoms with Gasteiger partial charge >= 0.3 is 5.97 Å². The monoisotopic (exact) mass is 369 g/mol. The maximum absolute atomic E-state index is 10.6. The standard InChI is InChI=1S/C21H23NO5/c23-18-10-5-4-9-17(18)20-16(7-2-1-3-11-19(24)25)14-26-21(27-20)15-8-6-12-22-13-15/h1-2,4-6,8-10,12-13,16,20-21,23H,3,7,11,14H2,(H,24,25)/b2-1+/t16-,20+,21+/m1/s1. The van der Waals surface area contributed by atoms with Crippen molar-refractivity contribution < 1.29 is 24.5 Å². The maximum atomic E-state index is 10.6. The van der Waals surface area contributed by atoms with Crippen molar-refractivity contribution >= 4 is 5.97 Å². The molecule has 6 nitrogen and oxygen atoms in total. The van der Waals surface area contributed by atoms with Crippen LogP contribution in [0.15, 0.2) is 60.9 Å². The minimum Gasteiger partial charge on any atom is -0.508 e. The zero-order chi connectivity index (χ0) is 19.1. The van der Waals surface area contributed by atoms with Crippen LogP contribution in [0.25, 0.3) is 0 Å². The van der Waals surface area contributed by atoms with Gasteiger partial charge in [-0.15, -0.1) is 0 Å². The van der Waals surface area contributed by atoms with Crippen molar-refractivity contribution in [2.75, 3.05) is 6.61 Å². The van der Waals surface area contributed by atoms with Crippen molar-refractivity contribution in [1.82, 2.24) is 4.98 Å². The molecular formula is C21H23NO5. The van der Waals surface area contributed by atoms with E-state index in [9.17, 15) is 9.90 Å². The molecule has 1 aliphatic heterocycles. The van der Waals surface area contributed by atoms with Gasteiger partial charge in [-0.1, -0.05) is 36.4 Å². The molecule has 0 saturated carbocycles. The minimum absolute atomic E-state index is 0.00676. The summed E-state index contributed by atoms with van der Waals surface area (Å²) in [7, 11) is 0. The summed E-state index contributed by atoms with van der Waals surface area (Å²) in [6.45, 7) is 0.460. The van der Waals surface area contributed by atoms with E-state index in [1.807, 2.05) is 36.4 Å². The molecule has 27 heavy (non-hydrogen) atoms. The van der Waals surface area contributed by atoms with E-state index in [1.165, 1.54) is 0 Å². The highest BCUT2D eigenvalue weighted by atomic mass is 16.7. The Morgan fingerprint density at radius 3 is 2.81 bits per heavy atom. The van der Waals surface area contributed by atoms with E-state index >= 15 is 0 Å². The van der Waals surface area contributed by atoms with E-state index in [1.54, 1.807) is 24.5 Å². The normalized spacial score (nSPS) is 22.7. The molecule has 2 heterocycles. The zero-order valence-corrected chi connectivity index (χ0v) is 14.9. The lowest BCUT2D eigenvalue weighted by Gasteiger charge is -2.36. The molecule has 1 aromatic carbocycles. The molecule has 3 rings (SSSR count). The summed E-state index contributed by atoms with van der Waals surface area (Å²) in [5, 5.41) is 19.0. The molecule has 0 bridgehead atoms. The molecule has 2 N–H and O–H groups in total. The van der Waals surface area contributed by atoms with Gasteiger partial charge in [-0.3, -0.25) is 9.78 Å². The summed E-state index contributed by atoms with van der Waals surface area (Å²) in [6.07, 6.45) is 7.60. The summed E-state index contributed by atoms with van der Waals surface area (Å²) < 4.78 is 12.1. The van der Waals surface area contributed by atoms with E-state index in [2.05, 4.69) is 4.98 Å². The van der Waals surface area contributed by atoms with Gasteiger partial charge in [0.1, 0.15) is 5.75 Å². The van der Waals surface area contributed by atoms with Crippen molar-refractivity contribution in [3.05, 3.63) is 72.1 Å². The number of pyridine rings is 1. The van der Waals surface area contributed by atoms with Crippen LogP contribution in [-0.4, -0.2) is 27.8 Å². The van der Waals surface area contributed by atoms with E-state index in [0.717, 1.165) is 11.1 Å². The first-order valence-electron chi connectivity index (χ1n) is 8.97. The highest BCUT2D eigenvalue weighted by Crippen LogP contribution is 2.42. The van der Waals surface area contributed by atoms with Gasteiger partial charge in [-0.05, 0) is 25.0 Å². The summed E-state index contributed by atoms with van der Waals surface area (Å²) in [4.78, 5) is 14.7. The topological polar surface area (TPSA) is 88.9 Å². The van der Waals surface area contributed by atoms with Crippen molar-refractivity contribution in [3.8, 4) is 5.75 Å². The van der Waals surface area contributed by atoms with Gasteiger partial charge in [0.15, 0.2) is 6.29 Å². The number of phenolic OH excluding ortho intramolecular Hbond substituents is 1. The number of carbonyl (C=O) groups is 1. The van der Waals surface area contributed by atoms with Crippen molar-refractivity contribution in [2.24, 2.45) is 5.92 Å². The number of phenols is 1. The van der Waals surface area contributed by atoms with Crippen LogP contribution in [0.3, 0.4) is 0 Å². The number of hydrogen-bond acceptors (Lipinski definition) is 5. The predicted octanol–water partition coefficient (Wildman–Crippen LogP) is 4.00. The second-order valence-corrected chi connectivity index (χ2v) is 6.47. The lowest BCUT2D eigenvalue weighted by atomic mass is 9.91.